The van der Waals surface area contributed by atoms with E-state index in [1.165, 1.54) is 0 Å². The van der Waals surface area contributed by atoms with E-state index in [-0.39, 0.29) is 18.3 Å². The van der Waals surface area contributed by atoms with Crippen LogP contribution in [0.25, 0.3) is 0 Å². The van der Waals surface area contributed by atoms with Gasteiger partial charge in [-0.25, -0.2) is 0 Å². The number of aromatic hydroxyl groups is 1. The maximum Gasteiger partial charge on any atom is 0.258 e. The summed E-state index contributed by atoms with van der Waals surface area (Å²) in [6.07, 6.45) is 0. The molecule has 4 heteroatoms. The summed E-state index contributed by atoms with van der Waals surface area (Å²) in [6, 6.07) is 15.9. The number of benzene rings is 2. The number of para-hydroxylation sites is 1. The van der Waals surface area contributed by atoms with Crippen LogP contribution in [0.15, 0.2) is 54.6 Å². The van der Waals surface area contributed by atoms with Crippen LogP contribution in [0, 0.1) is 0 Å². The maximum absolute atomic E-state index is 11.6. The molecule has 0 bridgehead atoms. The number of phenolic OH excluding ortho intramolecular Hbond substituents is 1. The number of carbonyl (C=O) groups is 1. The minimum absolute atomic E-state index is 0.0118. The molecule has 0 atom stereocenters. The molecule has 0 saturated heterocycles. The molecule has 0 saturated carbocycles. The molecule has 19 heavy (non-hydrogen) atoms. The van der Waals surface area contributed by atoms with E-state index < -0.39 is 0 Å². The first kappa shape index (κ1) is 13.0. The number of amides is 1. The largest absolute Gasteiger partial charge is 0.508 e. The Balaban J connectivity index is 1.74. The maximum atomic E-state index is 11.6. The number of ether oxygens (including phenoxy) is 1. The second-order valence-corrected chi connectivity index (χ2v) is 4.04. The second-order valence-electron chi connectivity index (χ2n) is 4.04. The summed E-state index contributed by atoms with van der Waals surface area (Å²) < 4.78 is 5.32. The minimum Gasteiger partial charge on any atom is -0.508 e. The summed E-state index contributed by atoms with van der Waals surface area (Å²) in [5.74, 6) is 0.696. The van der Waals surface area contributed by atoms with Gasteiger partial charge in [0.25, 0.3) is 5.91 Å². The molecule has 0 fully saturated rings. The normalized spacial score (nSPS) is 9.89. The van der Waals surface area contributed by atoms with Crippen LogP contribution in [-0.4, -0.2) is 17.6 Å². The van der Waals surface area contributed by atoms with Gasteiger partial charge in [-0.15, -0.1) is 0 Å². The fourth-order valence-electron chi connectivity index (χ4n) is 1.53. The zero-order valence-corrected chi connectivity index (χ0v) is 10.4. The van der Waals surface area contributed by atoms with Crippen LogP contribution >= 0.6 is 0 Å². The molecule has 0 aromatic heterocycles. The highest BCUT2D eigenvalue weighted by molar-refractivity contribution is 5.77. The summed E-state index contributed by atoms with van der Waals surface area (Å²) in [6.45, 7) is 0.402. The third-order valence-electron chi connectivity index (χ3n) is 2.54. The van der Waals surface area contributed by atoms with Crippen LogP contribution < -0.4 is 10.1 Å². The lowest BCUT2D eigenvalue weighted by atomic mass is 10.2. The van der Waals surface area contributed by atoms with Crippen molar-refractivity contribution in [1.29, 1.82) is 0 Å². The Hall–Kier alpha value is -2.49. The van der Waals surface area contributed by atoms with E-state index >= 15 is 0 Å². The number of hydrogen-bond donors (Lipinski definition) is 2. The highest BCUT2D eigenvalue weighted by atomic mass is 16.5. The van der Waals surface area contributed by atoms with Crippen LogP contribution in [0.1, 0.15) is 5.56 Å². The first-order valence-corrected chi connectivity index (χ1v) is 5.96. The number of nitrogens with one attached hydrogen (secondary N) is 1. The Morgan fingerprint density at radius 2 is 1.74 bits per heavy atom. The number of hydrogen-bond acceptors (Lipinski definition) is 3. The lowest BCUT2D eigenvalue weighted by Gasteiger charge is -2.07. The number of phenols is 1. The Kier molecular flexibility index (Phi) is 4.39. The van der Waals surface area contributed by atoms with E-state index in [1.807, 2.05) is 18.2 Å². The summed E-state index contributed by atoms with van der Waals surface area (Å²) in [7, 11) is 0. The zero-order valence-electron chi connectivity index (χ0n) is 10.4. The Labute approximate surface area is 111 Å². The molecule has 0 aliphatic carbocycles. The van der Waals surface area contributed by atoms with Crippen molar-refractivity contribution in [3.63, 3.8) is 0 Å². The summed E-state index contributed by atoms with van der Waals surface area (Å²) in [5.41, 5.74) is 0.922. The molecule has 0 unspecified atom stereocenters. The van der Waals surface area contributed by atoms with Gasteiger partial charge in [0.1, 0.15) is 11.5 Å². The summed E-state index contributed by atoms with van der Waals surface area (Å²) in [4.78, 5) is 11.6. The molecule has 0 spiro atoms. The van der Waals surface area contributed by atoms with Gasteiger partial charge >= 0.3 is 0 Å². The predicted molar refractivity (Wildman–Crippen MR) is 71.9 cm³/mol. The van der Waals surface area contributed by atoms with Crippen molar-refractivity contribution < 1.29 is 14.6 Å². The first-order valence-electron chi connectivity index (χ1n) is 5.96. The number of carbonyl (C=O) groups excluding carboxylic acids is 1. The van der Waals surface area contributed by atoms with Gasteiger partial charge in [0.2, 0.25) is 0 Å². The Morgan fingerprint density at radius 1 is 1.05 bits per heavy atom. The highest BCUT2D eigenvalue weighted by Gasteiger charge is 2.02. The Morgan fingerprint density at radius 3 is 2.42 bits per heavy atom. The Bertz CT molecular complexity index is 523. The average molecular weight is 257 g/mol. The van der Waals surface area contributed by atoms with Gasteiger partial charge in [-0.1, -0.05) is 30.3 Å². The molecule has 2 rings (SSSR count). The SMILES string of the molecule is O=C(COc1ccccc1)NCc1ccc(O)cc1. The van der Waals surface area contributed by atoms with Gasteiger partial charge in [-0.3, -0.25) is 4.79 Å². The third kappa shape index (κ3) is 4.35. The van der Waals surface area contributed by atoms with Crippen molar-refractivity contribution in [1.82, 2.24) is 5.32 Å². The van der Waals surface area contributed by atoms with Crippen LogP contribution in [0.5, 0.6) is 11.5 Å². The van der Waals surface area contributed by atoms with E-state index in [0.717, 1.165) is 5.56 Å². The zero-order chi connectivity index (χ0) is 13.5. The first-order chi connectivity index (χ1) is 9.24. The standard InChI is InChI=1S/C15H15NO3/c17-13-8-6-12(7-9-13)10-16-15(18)11-19-14-4-2-1-3-5-14/h1-9,17H,10-11H2,(H,16,18). The molecular weight excluding hydrogens is 242 g/mol. The molecule has 0 heterocycles. The molecule has 2 aromatic carbocycles. The van der Waals surface area contributed by atoms with Crippen LogP contribution in [-0.2, 0) is 11.3 Å². The topological polar surface area (TPSA) is 58.6 Å². The average Bonchev–Trinajstić information content (AvgIpc) is 2.45. The third-order valence-corrected chi connectivity index (χ3v) is 2.54. The second kappa shape index (κ2) is 6.44. The fourth-order valence-corrected chi connectivity index (χ4v) is 1.53. The van der Waals surface area contributed by atoms with E-state index in [1.54, 1.807) is 36.4 Å². The summed E-state index contributed by atoms with van der Waals surface area (Å²) in [5, 5.41) is 11.9. The summed E-state index contributed by atoms with van der Waals surface area (Å²) >= 11 is 0. The molecule has 1 amide bonds. The van der Waals surface area contributed by atoms with Gasteiger partial charge in [-0.2, -0.15) is 0 Å². The lowest BCUT2D eigenvalue weighted by molar-refractivity contribution is -0.123. The van der Waals surface area contributed by atoms with Crippen LogP contribution in [0.2, 0.25) is 0 Å². The van der Waals surface area contributed by atoms with Gasteiger partial charge in [0.15, 0.2) is 6.61 Å². The lowest BCUT2D eigenvalue weighted by Crippen LogP contribution is -2.28. The van der Waals surface area contributed by atoms with Crippen molar-refractivity contribution in [2.24, 2.45) is 0 Å². The molecule has 0 aliphatic heterocycles. The van der Waals surface area contributed by atoms with Gasteiger partial charge in [0, 0.05) is 6.54 Å². The number of rotatable bonds is 5. The van der Waals surface area contributed by atoms with E-state index in [4.69, 9.17) is 9.84 Å². The molecule has 0 radical (unpaired) electrons. The van der Waals surface area contributed by atoms with E-state index in [0.29, 0.717) is 12.3 Å². The molecule has 98 valence electrons. The fraction of sp³-hybridized carbons (Fsp3) is 0.133. The minimum atomic E-state index is -0.183. The van der Waals surface area contributed by atoms with E-state index in [9.17, 15) is 4.79 Å². The molecule has 2 aromatic rings. The smallest absolute Gasteiger partial charge is 0.258 e. The van der Waals surface area contributed by atoms with Gasteiger partial charge < -0.3 is 15.2 Å². The van der Waals surface area contributed by atoms with Crippen molar-refractivity contribution in [2.75, 3.05) is 6.61 Å². The highest BCUT2D eigenvalue weighted by Crippen LogP contribution is 2.09. The van der Waals surface area contributed by atoms with Crippen molar-refractivity contribution in [3.05, 3.63) is 60.2 Å². The van der Waals surface area contributed by atoms with Crippen LogP contribution in [0.4, 0.5) is 0 Å². The van der Waals surface area contributed by atoms with Crippen molar-refractivity contribution >= 4 is 5.91 Å². The molecular formula is C15H15NO3. The van der Waals surface area contributed by atoms with Crippen molar-refractivity contribution in [3.8, 4) is 11.5 Å². The monoisotopic (exact) mass is 257 g/mol. The predicted octanol–water partition coefficient (Wildman–Crippen LogP) is 2.09. The molecule has 4 nitrogen and oxygen atoms in total. The quantitative estimate of drug-likeness (QED) is 0.862. The van der Waals surface area contributed by atoms with E-state index in [2.05, 4.69) is 5.32 Å². The molecule has 2 N–H and O–H groups in total. The van der Waals surface area contributed by atoms with Crippen LogP contribution in [0.3, 0.4) is 0 Å². The van der Waals surface area contributed by atoms with Crippen molar-refractivity contribution in [2.45, 2.75) is 6.54 Å². The molecule has 0 aliphatic rings. The van der Waals surface area contributed by atoms with Gasteiger partial charge in [0.05, 0.1) is 0 Å². The van der Waals surface area contributed by atoms with Gasteiger partial charge in [-0.05, 0) is 29.8 Å².